The van der Waals surface area contributed by atoms with Crippen molar-refractivity contribution in [1.29, 1.82) is 0 Å². The van der Waals surface area contributed by atoms with Crippen molar-refractivity contribution in [3.05, 3.63) is 46.1 Å². The molecule has 132 valence electrons. The predicted molar refractivity (Wildman–Crippen MR) is 93.6 cm³/mol. The number of hydrogen-bond acceptors (Lipinski definition) is 4. The van der Waals surface area contributed by atoms with Crippen molar-refractivity contribution in [2.75, 3.05) is 13.1 Å². The summed E-state index contributed by atoms with van der Waals surface area (Å²) in [5.41, 5.74) is 2.41. The summed E-state index contributed by atoms with van der Waals surface area (Å²) in [5, 5.41) is 7.79. The molecular formula is C18H21ClN4O2. The van der Waals surface area contributed by atoms with Crippen molar-refractivity contribution < 1.29 is 9.32 Å². The van der Waals surface area contributed by atoms with Crippen LogP contribution in [0.1, 0.15) is 54.1 Å². The molecule has 2 heterocycles. The van der Waals surface area contributed by atoms with E-state index < -0.39 is 0 Å². The van der Waals surface area contributed by atoms with E-state index in [4.69, 9.17) is 16.1 Å². The van der Waals surface area contributed by atoms with Gasteiger partial charge in [0.05, 0.1) is 12.0 Å². The van der Waals surface area contributed by atoms with E-state index in [0.717, 1.165) is 37.3 Å². The van der Waals surface area contributed by atoms with Gasteiger partial charge in [-0.25, -0.2) is 4.79 Å². The SMILES string of the molecule is Cc1noc(C2CCCN(C(=O)NC3CCc4cc(Cl)ccc43)C2)n1. The summed E-state index contributed by atoms with van der Waals surface area (Å²) < 4.78 is 5.29. The molecule has 1 saturated heterocycles. The molecule has 6 nitrogen and oxygen atoms in total. The van der Waals surface area contributed by atoms with E-state index in [1.807, 2.05) is 30.0 Å². The second kappa shape index (κ2) is 6.67. The first-order chi connectivity index (χ1) is 12.1. The molecule has 4 rings (SSSR count). The van der Waals surface area contributed by atoms with Crippen LogP contribution in [0.3, 0.4) is 0 Å². The lowest BCUT2D eigenvalue weighted by atomic mass is 9.98. The summed E-state index contributed by atoms with van der Waals surface area (Å²) in [5.74, 6) is 1.39. The van der Waals surface area contributed by atoms with Gasteiger partial charge in [0.25, 0.3) is 0 Å². The van der Waals surface area contributed by atoms with Gasteiger partial charge in [0.15, 0.2) is 5.82 Å². The zero-order valence-electron chi connectivity index (χ0n) is 14.2. The molecule has 0 bridgehead atoms. The van der Waals surface area contributed by atoms with Gasteiger partial charge in [0.2, 0.25) is 5.89 Å². The van der Waals surface area contributed by atoms with Gasteiger partial charge in [-0.05, 0) is 55.9 Å². The molecule has 2 aliphatic rings. The fourth-order valence-corrected chi connectivity index (χ4v) is 4.01. The fourth-order valence-electron chi connectivity index (χ4n) is 3.82. The molecule has 0 radical (unpaired) electrons. The smallest absolute Gasteiger partial charge is 0.317 e. The average molecular weight is 361 g/mol. The highest BCUT2D eigenvalue weighted by Gasteiger charge is 2.31. The van der Waals surface area contributed by atoms with Crippen molar-refractivity contribution in [1.82, 2.24) is 20.4 Å². The average Bonchev–Trinajstić information content (AvgIpc) is 3.21. The van der Waals surface area contributed by atoms with Gasteiger partial charge in [0, 0.05) is 18.1 Å². The Balaban J connectivity index is 1.42. The first-order valence-electron chi connectivity index (χ1n) is 8.74. The zero-order chi connectivity index (χ0) is 17.4. The third-order valence-electron chi connectivity index (χ3n) is 5.08. The Kier molecular flexibility index (Phi) is 4.37. The number of carbonyl (C=O) groups is 1. The van der Waals surface area contributed by atoms with Crippen LogP contribution in [-0.2, 0) is 6.42 Å². The van der Waals surface area contributed by atoms with Crippen LogP contribution in [-0.4, -0.2) is 34.2 Å². The van der Waals surface area contributed by atoms with Gasteiger partial charge in [-0.15, -0.1) is 0 Å². The highest BCUT2D eigenvalue weighted by atomic mass is 35.5. The second-order valence-electron chi connectivity index (χ2n) is 6.85. The largest absolute Gasteiger partial charge is 0.339 e. The van der Waals surface area contributed by atoms with Crippen LogP contribution in [0.25, 0.3) is 0 Å². The topological polar surface area (TPSA) is 71.3 Å². The van der Waals surface area contributed by atoms with E-state index in [-0.39, 0.29) is 18.0 Å². The molecule has 1 fully saturated rings. The fraction of sp³-hybridized carbons (Fsp3) is 0.500. The lowest BCUT2D eigenvalue weighted by Crippen LogP contribution is -2.45. The normalized spacial score (nSPS) is 22.7. The number of rotatable bonds is 2. The molecule has 1 aliphatic carbocycles. The zero-order valence-corrected chi connectivity index (χ0v) is 14.9. The lowest BCUT2D eigenvalue weighted by molar-refractivity contribution is 0.168. The molecule has 0 spiro atoms. The molecule has 2 atom stereocenters. The van der Waals surface area contributed by atoms with E-state index >= 15 is 0 Å². The molecule has 0 saturated carbocycles. The van der Waals surface area contributed by atoms with Gasteiger partial charge in [0.1, 0.15) is 0 Å². The van der Waals surface area contributed by atoms with Crippen LogP contribution in [0.2, 0.25) is 5.02 Å². The van der Waals surface area contributed by atoms with Gasteiger partial charge in [-0.3, -0.25) is 0 Å². The monoisotopic (exact) mass is 360 g/mol. The Hall–Kier alpha value is -2.08. The van der Waals surface area contributed by atoms with Crippen LogP contribution < -0.4 is 5.32 Å². The van der Waals surface area contributed by atoms with Crippen LogP contribution >= 0.6 is 11.6 Å². The number of nitrogens with one attached hydrogen (secondary N) is 1. The Morgan fingerprint density at radius 1 is 1.40 bits per heavy atom. The van der Waals surface area contributed by atoms with Crippen LogP contribution in [0.15, 0.2) is 22.7 Å². The molecule has 25 heavy (non-hydrogen) atoms. The summed E-state index contributed by atoms with van der Waals surface area (Å²) in [4.78, 5) is 18.9. The number of likely N-dealkylation sites (tertiary alicyclic amines) is 1. The first kappa shape index (κ1) is 16.4. The highest BCUT2D eigenvalue weighted by Crippen LogP contribution is 2.33. The highest BCUT2D eigenvalue weighted by molar-refractivity contribution is 6.30. The van der Waals surface area contributed by atoms with E-state index in [0.29, 0.717) is 18.3 Å². The van der Waals surface area contributed by atoms with E-state index in [1.54, 1.807) is 0 Å². The van der Waals surface area contributed by atoms with Crippen molar-refractivity contribution in [2.24, 2.45) is 0 Å². The minimum Gasteiger partial charge on any atom is -0.339 e. The Bertz CT molecular complexity index is 791. The number of benzene rings is 1. The molecule has 7 heteroatoms. The summed E-state index contributed by atoms with van der Waals surface area (Å²) >= 11 is 6.06. The molecule has 2 unspecified atom stereocenters. The number of aryl methyl sites for hydroxylation is 2. The van der Waals surface area contributed by atoms with Crippen LogP contribution in [0.5, 0.6) is 0 Å². The molecule has 1 N–H and O–H groups in total. The number of aromatic nitrogens is 2. The Labute approximate surface area is 151 Å². The number of fused-ring (bicyclic) bond motifs is 1. The number of hydrogen-bond donors (Lipinski definition) is 1. The second-order valence-corrected chi connectivity index (χ2v) is 7.29. The van der Waals surface area contributed by atoms with Gasteiger partial charge >= 0.3 is 6.03 Å². The summed E-state index contributed by atoms with van der Waals surface area (Å²) in [6.45, 7) is 3.19. The Morgan fingerprint density at radius 2 is 2.28 bits per heavy atom. The summed E-state index contributed by atoms with van der Waals surface area (Å²) in [6.07, 6.45) is 3.78. The number of carbonyl (C=O) groups excluding carboxylic acids is 1. The Morgan fingerprint density at radius 3 is 3.08 bits per heavy atom. The number of halogens is 1. The van der Waals surface area contributed by atoms with Gasteiger partial charge in [-0.1, -0.05) is 22.8 Å². The first-order valence-corrected chi connectivity index (χ1v) is 9.12. The van der Waals surface area contributed by atoms with Crippen LogP contribution in [0.4, 0.5) is 4.79 Å². The number of nitrogens with zero attached hydrogens (tertiary/aromatic N) is 3. The number of urea groups is 1. The maximum absolute atomic E-state index is 12.7. The molecule has 2 amide bonds. The standard InChI is InChI=1S/C18H21ClN4O2/c1-11-20-17(25-22-11)13-3-2-8-23(10-13)18(24)21-16-7-4-12-9-14(19)5-6-15(12)16/h5-6,9,13,16H,2-4,7-8,10H2,1H3,(H,21,24). The van der Waals surface area contributed by atoms with E-state index in [9.17, 15) is 4.79 Å². The molecular weight excluding hydrogens is 340 g/mol. The molecule has 2 aromatic rings. The third-order valence-corrected chi connectivity index (χ3v) is 5.32. The number of amides is 2. The van der Waals surface area contributed by atoms with Gasteiger partial charge in [-0.2, -0.15) is 4.98 Å². The number of piperidine rings is 1. The molecule has 1 aliphatic heterocycles. The maximum atomic E-state index is 12.7. The summed E-state index contributed by atoms with van der Waals surface area (Å²) in [7, 11) is 0. The lowest BCUT2D eigenvalue weighted by Gasteiger charge is -2.32. The van der Waals surface area contributed by atoms with Gasteiger partial charge < -0.3 is 14.7 Å². The summed E-state index contributed by atoms with van der Waals surface area (Å²) in [6, 6.07) is 5.95. The van der Waals surface area contributed by atoms with Crippen LogP contribution in [0, 0.1) is 6.92 Å². The maximum Gasteiger partial charge on any atom is 0.317 e. The minimum absolute atomic E-state index is 0.0197. The van der Waals surface area contributed by atoms with Crippen molar-refractivity contribution in [3.63, 3.8) is 0 Å². The van der Waals surface area contributed by atoms with E-state index in [2.05, 4.69) is 15.5 Å². The third kappa shape index (κ3) is 3.35. The van der Waals surface area contributed by atoms with E-state index in [1.165, 1.54) is 11.1 Å². The van der Waals surface area contributed by atoms with Crippen molar-refractivity contribution in [2.45, 2.75) is 44.6 Å². The minimum atomic E-state index is -0.0197. The molecule has 1 aromatic heterocycles. The van der Waals surface area contributed by atoms with Crippen molar-refractivity contribution >= 4 is 17.6 Å². The quantitative estimate of drug-likeness (QED) is 0.888. The predicted octanol–water partition coefficient (Wildman–Crippen LogP) is 3.61. The molecule has 1 aromatic carbocycles. The van der Waals surface area contributed by atoms with Crippen molar-refractivity contribution in [3.8, 4) is 0 Å².